The normalized spacial score (nSPS) is 11.5. The Morgan fingerprint density at radius 2 is 1.54 bits per heavy atom. The average Bonchev–Trinajstić information content (AvgIpc) is 2.82. The average molecular weight is 568 g/mol. The maximum atomic E-state index is 12.5. The van der Waals surface area contributed by atoms with E-state index in [-0.39, 0.29) is 50.1 Å². The first-order valence-electron chi connectivity index (χ1n) is 11.5. The van der Waals surface area contributed by atoms with Crippen molar-refractivity contribution in [3.63, 3.8) is 0 Å². The van der Waals surface area contributed by atoms with Crippen molar-refractivity contribution in [2.45, 2.75) is 44.8 Å². The third-order valence-corrected chi connectivity index (χ3v) is 7.29. The number of amides is 1. The zero-order chi connectivity index (χ0) is 26.1. The zero-order valence-corrected chi connectivity index (χ0v) is 25.5. The van der Waals surface area contributed by atoms with Gasteiger partial charge >= 0.3 is 29.6 Å². The van der Waals surface area contributed by atoms with Gasteiger partial charge in [0.15, 0.2) is 0 Å². The van der Waals surface area contributed by atoms with Crippen molar-refractivity contribution >= 4 is 45.2 Å². The quantitative estimate of drug-likeness (QED) is 0.303. The Bertz CT molecular complexity index is 1310. The van der Waals surface area contributed by atoms with Gasteiger partial charge in [0.2, 0.25) is 0 Å². The third-order valence-electron chi connectivity index (χ3n) is 5.31. The first kappa shape index (κ1) is 31.6. The van der Waals surface area contributed by atoms with Crippen molar-refractivity contribution in [2.24, 2.45) is 5.92 Å². The number of benzene rings is 3. The van der Waals surface area contributed by atoms with Gasteiger partial charge < -0.3 is 14.3 Å². The van der Waals surface area contributed by atoms with Crippen LogP contribution < -0.4 is 29.6 Å². The molecule has 0 radical (unpaired) electrons. The SMILES string of the molecule is CC(C)CC/C=C/c1ccc(COCc2ccc(C(=O)[N-]S(=O)(=O)c3ccc(Cl)cc3Cl)cc2)cc1.[Na+]. The molecule has 5 nitrogen and oxygen atoms in total. The summed E-state index contributed by atoms with van der Waals surface area (Å²) in [6, 6.07) is 18.5. The maximum absolute atomic E-state index is 12.5. The van der Waals surface area contributed by atoms with Crippen LogP contribution in [0.1, 0.15) is 53.7 Å². The van der Waals surface area contributed by atoms with Gasteiger partial charge in [-0.3, -0.25) is 0 Å². The molecule has 3 aromatic carbocycles. The zero-order valence-electron chi connectivity index (χ0n) is 21.2. The second kappa shape index (κ2) is 15.1. The van der Waals surface area contributed by atoms with Crippen LogP contribution in [0.25, 0.3) is 10.8 Å². The van der Waals surface area contributed by atoms with E-state index < -0.39 is 15.9 Å². The van der Waals surface area contributed by atoms with Crippen molar-refractivity contribution < 1.29 is 47.5 Å². The molecule has 0 N–H and O–H groups in total. The van der Waals surface area contributed by atoms with Crippen molar-refractivity contribution in [2.75, 3.05) is 0 Å². The van der Waals surface area contributed by atoms with Crippen LogP contribution in [0.15, 0.2) is 77.7 Å². The molecule has 0 bridgehead atoms. The largest absolute Gasteiger partial charge is 1.00 e. The molecule has 37 heavy (non-hydrogen) atoms. The second-order valence-corrected chi connectivity index (χ2v) is 11.2. The Morgan fingerprint density at radius 1 is 0.946 bits per heavy atom. The number of rotatable bonds is 11. The summed E-state index contributed by atoms with van der Waals surface area (Å²) in [5.41, 5.74) is 3.21. The Hall–Kier alpha value is -1.64. The molecule has 0 spiro atoms. The second-order valence-electron chi connectivity index (χ2n) is 8.75. The Kier molecular flexibility index (Phi) is 12.9. The van der Waals surface area contributed by atoms with E-state index in [9.17, 15) is 13.2 Å². The standard InChI is InChI=1S/C28H29Cl2NO4S.Na/c1-20(2)5-3-4-6-21-7-9-22(10-8-21)18-35-19-23-11-13-24(14-12-23)28(32)31-36(33,34)27-16-15-25(29)17-26(27)30;/h4,6-17,20H,3,5,18-19H2,1-2H3,(H,31,32);/q;+1/p-1/b6-4+;. The number of carbonyl (C=O) groups excluding carboxylic acids is 1. The van der Waals surface area contributed by atoms with Crippen molar-refractivity contribution in [1.29, 1.82) is 0 Å². The van der Waals surface area contributed by atoms with Gasteiger partial charge in [-0.15, -0.1) is 0 Å². The van der Waals surface area contributed by atoms with E-state index in [0.717, 1.165) is 23.1 Å². The molecular formula is C28H28Cl2NNaO4S. The summed E-state index contributed by atoms with van der Waals surface area (Å²) < 4.78 is 34.1. The van der Waals surface area contributed by atoms with Crippen LogP contribution in [0.4, 0.5) is 0 Å². The summed E-state index contributed by atoms with van der Waals surface area (Å²) in [6.45, 7) is 5.24. The summed E-state index contributed by atoms with van der Waals surface area (Å²) in [4.78, 5) is 12.1. The molecule has 0 aliphatic carbocycles. The van der Waals surface area contributed by atoms with Gasteiger partial charge in [0.05, 0.1) is 29.0 Å². The Balaban J connectivity index is 0.00000481. The number of hydrogen-bond acceptors (Lipinski definition) is 4. The molecule has 0 heterocycles. The Morgan fingerprint density at radius 3 is 2.11 bits per heavy atom. The van der Waals surface area contributed by atoms with Gasteiger partial charge in [-0.2, -0.15) is 0 Å². The number of halogens is 2. The summed E-state index contributed by atoms with van der Waals surface area (Å²) in [6.07, 6.45) is 6.60. The van der Waals surface area contributed by atoms with E-state index in [1.807, 2.05) is 12.1 Å². The molecular weight excluding hydrogens is 540 g/mol. The number of sulfonamides is 1. The van der Waals surface area contributed by atoms with E-state index in [4.69, 9.17) is 27.9 Å². The summed E-state index contributed by atoms with van der Waals surface area (Å²) >= 11 is 11.7. The van der Waals surface area contributed by atoms with Crippen LogP contribution in [0.5, 0.6) is 0 Å². The van der Waals surface area contributed by atoms with Gasteiger partial charge in [-0.1, -0.05) is 97.7 Å². The van der Waals surface area contributed by atoms with Crippen LogP contribution in [0.2, 0.25) is 10.0 Å². The molecule has 190 valence electrons. The molecule has 0 aliphatic heterocycles. The monoisotopic (exact) mass is 567 g/mol. The third kappa shape index (κ3) is 10.2. The minimum absolute atomic E-state index is 0. The van der Waals surface area contributed by atoms with Crippen molar-refractivity contribution in [3.8, 4) is 0 Å². The topological polar surface area (TPSA) is 74.5 Å². The van der Waals surface area contributed by atoms with Crippen molar-refractivity contribution in [3.05, 3.63) is 110 Å². The predicted octanol–water partition coefficient (Wildman–Crippen LogP) is 5.07. The molecule has 3 rings (SSSR count). The summed E-state index contributed by atoms with van der Waals surface area (Å²) in [5.74, 6) is -0.177. The van der Waals surface area contributed by atoms with E-state index in [1.54, 1.807) is 12.1 Å². The number of hydrogen-bond donors (Lipinski definition) is 0. The summed E-state index contributed by atoms with van der Waals surface area (Å²) in [7, 11) is -4.27. The van der Waals surface area contributed by atoms with Crippen LogP contribution in [0.3, 0.4) is 0 Å². The van der Waals surface area contributed by atoms with Gasteiger partial charge in [-0.05, 0) is 59.2 Å². The maximum Gasteiger partial charge on any atom is 1.00 e. The first-order valence-corrected chi connectivity index (χ1v) is 13.7. The number of allylic oxidation sites excluding steroid dienone is 1. The van der Waals surface area contributed by atoms with E-state index >= 15 is 0 Å². The van der Waals surface area contributed by atoms with Crippen LogP contribution in [-0.4, -0.2) is 14.3 Å². The molecule has 0 saturated heterocycles. The van der Waals surface area contributed by atoms with Gasteiger partial charge in [0.1, 0.15) is 10.0 Å². The minimum Gasteiger partial charge on any atom is -0.538 e. The van der Waals surface area contributed by atoms with E-state index in [0.29, 0.717) is 19.1 Å². The van der Waals surface area contributed by atoms with Gasteiger partial charge in [0.25, 0.3) is 0 Å². The molecule has 0 aromatic heterocycles. The predicted molar refractivity (Wildman–Crippen MR) is 146 cm³/mol. The molecule has 0 atom stereocenters. The molecule has 0 saturated carbocycles. The molecule has 9 heteroatoms. The van der Waals surface area contributed by atoms with E-state index in [1.165, 1.54) is 36.8 Å². The fourth-order valence-corrected chi connectivity index (χ4v) is 4.97. The number of ether oxygens (including phenoxy) is 1. The fraction of sp³-hybridized carbons (Fsp3) is 0.250. The minimum atomic E-state index is -4.27. The molecule has 1 amide bonds. The smallest absolute Gasteiger partial charge is 0.538 e. The fourth-order valence-electron chi connectivity index (χ4n) is 3.30. The number of carbonyl (C=O) groups is 1. The van der Waals surface area contributed by atoms with Crippen LogP contribution in [-0.2, 0) is 28.0 Å². The van der Waals surface area contributed by atoms with E-state index in [2.05, 4.69) is 42.9 Å². The molecule has 0 aliphatic rings. The molecule has 0 fully saturated rings. The van der Waals surface area contributed by atoms with Crippen molar-refractivity contribution in [1.82, 2.24) is 0 Å². The summed E-state index contributed by atoms with van der Waals surface area (Å²) in [5, 5.41) is 0.184. The Labute approximate surface area is 251 Å². The first-order chi connectivity index (χ1) is 17.1. The van der Waals surface area contributed by atoms with Crippen LogP contribution in [0, 0.1) is 5.92 Å². The number of nitrogens with zero attached hydrogens (tertiary/aromatic N) is 1. The molecule has 3 aromatic rings. The van der Waals surface area contributed by atoms with Gasteiger partial charge in [0, 0.05) is 5.02 Å². The van der Waals surface area contributed by atoms with Crippen LogP contribution >= 0.6 is 23.2 Å². The molecule has 0 unspecified atom stereocenters. The van der Waals surface area contributed by atoms with Gasteiger partial charge in [-0.25, -0.2) is 8.42 Å².